The molecule has 1 aliphatic heterocycles. The van der Waals surface area contributed by atoms with E-state index in [4.69, 9.17) is 0 Å². The van der Waals surface area contributed by atoms with Crippen molar-refractivity contribution in [1.82, 2.24) is 15.3 Å². The van der Waals surface area contributed by atoms with Crippen molar-refractivity contribution >= 4 is 34.3 Å². The molecule has 1 fully saturated rings. The highest BCUT2D eigenvalue weighted by molar-refractivity contribution is 14.1. The van der Waals surface area contributed by atoms with Crippen molar-refractivity contribution in [2.75, 3.05) is 18.0 Å². The van der Waals surface area contributed by atoms with Crippen LogP contribution in [0.25, 0.3) is 0 Å². The number of halogens is 1. The number of anilines is 1. The van der Waals surface area contributed by atoms with Gasteiger partial charge in [0.15, 0.2) is 0 Å². The molecular formula is C10H13IN4O2. The molecule has 1 saturated heterocycles. The maximum absolute atomic E-state index is 11.8. The van der Waals surface area contributed by atoms with Gasteiger partial charge in [0.25, 0.3) is 5.56 Å². The molecule has 1 aromatic rings. The van der Waals surface area contributed by atoms with E-state index in [0.29, 0.717) is 22.5 Å². The minimum Gasteiger partial charge on any atom is -0.352 e. The predicted octanol–water partition coefficient (Wildman–Crippen LogP) is 0.0893. The van der Waals surface area contributed by atoms with Crippen molar-refractivity contribution < 1.29 is 4.79 Å². The summed E-state index contributed by atoms with van der Waals surface area (Å²) in [6.45, 7) is 4.85. The van der Waals surface area contributed by atoms with Gasteiger partial charge in [0.05, 0.1) is 6.33 Å². The second-order valence-corrected chi connectivity index (χ2v) is 5.41. The summed E-state index contributed by atoms with van der Waals surface area (Å²) in [6.07, 6.45) is 1.36. The Bertz CT molecular complexity index is 511. The van der Waals surface area contributed by atoms with Gasteiger partial charge >= 0.3 is 0 Å². The Balaban J connectivity index is 2.49. The second-order valence-electron chi connectivity index (χ2n) is 4.34. The minimum absolute atomic E-state index is 0.0540. The molecule has 0 bridgehead atoms. The molecule has 1 amide bonds. The van der Waals surface area contributed by atoms with Gasteiger partial charge in [-0.05, 0) is 36.4 Å². The third kappa shape index (κ3) is 2.03. The molecule has 1 aromatic heterocycles. The second kappa shape index (κ2) is 4.28. The van der Waals surface area contributed by atoms with Crippen LogP contribution in [0.3, 0.4) is 0 Å². The van der Waals surface area contributed by atoms with Crippen LogP contribution in [0.4, 0.5) is 5.82 Å². The van der Waals surface area contributed by atoms with Gasteiger partial charge < -0.3 is 15.2 Å². The minimum atomic E-state index is -0.695. The SMILES string of the molecule is CC1(C)C(=O)NCCN1c1nc[nH]c(=O)c1I. The molecule has 92 valence electrons. The summed E-state index contributed by atoms with van der Waals surface area (Å²) in [5.74, 6) is 0.510. The zero-order valence-corrected chi connectivity index (χ0v) is 11.7. The van der Waals surface area contributed by atoms with E-state index in [2.05, 4.69) is 15.3 Å². The van der Waals surface area contributed by atoms with Gasteiger partial charge in [0, 0.05) is 13.1 Å². The monoisotopic (exact) mass is 348 g/mol. The number of aromatic nitrogens is 2. The van der Waals surface area contributed by atoms with Crippen molar-refractivity contribution in [1.29, 1.82) is 0 Å². The predicted molar refractivity (Wildman–Crippen MR) is 72.0 cm³/mol. The fourth-order valence-corrected chi connectivity index (χ4v) is 2.42. The molecule has 0 atom stereocenters. The fourth-order valence-electron chi connectivity index (χ4n) is 1.83. The Hall–Kier alpha value is -1.12. The van der Waals surface area contributed by atoms with Gasteiger partial charge in [-0.15, -0.1) is 0 Å². The molecule has 1 aliphatic rings. The van der Waals surface area contributed by atoms with E-state index in [-0.39, 0.29) is 11.5 Å². The molecule has 0 saturated carbocycles. The Morgan fingerprint density at radius 3 is 2.88 bits per heavy atom. The lowest BCUT2D eigenvalue weighted by Crippen LogP contribution is -2.62. The molecule has 6 nitrogen and oxygen atoms in total. The fraction of sp³-hybridized carbons (Fsp3) is 0.500. The van der Waals surface area contributed by atoms with Crippen molar-refractivity contribution in [2.45, 2.75) is 19.4 Å². The van der Waals surface area contributed by atoms with E-state index >= 15 is 0 Å². The van der Waals surface area contributed by atoms with Crippen molar-refractivity contribution in [3.8, 4) is 0 Å². The normalized spacial score (nSPS) is 19.0. The molecule has 2 N–H and O–H groups in total. The summed E-state index contributed by atoms with van der Waals surface area (Å²) in [6, 6.07) is 0. The first-order valence-electron chi connectivity index (χ1n) is 5.23. The van der Waals surface area contributed by atoms with Crippen LogP contribution in [0.1, 0.15) is 13.8 Å². The number of carbonyl (C=O) groups is 1. The van der Waals surface area contributed by atoms with Crippen LogP contribution < -0.4 is 15.8 Å². The van der Waals surface area contributed by atoms with Gasteiger partial charge in [-0.2, -0.15) is 0 Å². The third-order valence-electron chi connectivity index (χ3n) is 2.89. The lowest BCUT2D eigenvalue weighted by atomic mass is 9.99. The maximum atomic E-state index is 11.8. The summed E-state index contributed by atoms with van der Waals surface area (Å²) in [7, 11) is 0. The number of nitrogens with one attached hydrogen (secondary N) is 2. The maximum Gasteiger partial charge on any atom is 0.266 e. The zero-order chi connectivity index (χ0) is 12.6. The number of carbonyl (C=O) groups excluding carboxylic acids is 1. The Kier molecular flexibility index (Phi) is 3.11. The van der Waals surface area contributed by atoms with E-state index in [0.717, 1.165) is 0 Å². The molecule has 17 heavy (non-hydrogen) atoms. The van der Waals surface area contributed by atoms with Gasteiger partial charge in [0.1, 0.15) is 14.9 Å². The highest BCUT2D eigenvalue weighted by Gasteiger charge is 2.39. The number of piperazine rings is 1. The molecule has 7 heteroatoms. The number of H-pyrrole nitrogens is 1. The number of nitrogens with zero attached hydrogens (tertiary/aromatic N) is 2. The van der Waals surface area contributed by atoms with Crippen LogP contribution in [-0.4, -0.2) is 34.5 Å². The van der Waals surface area contributed by atoms with Gasteiger partial charge in [0.2, 0.25) is 5.91 Å². The molecule has 0 radical (unpaired) electrons. The molecule has 2 heterocycles. The molecule has 2 rings (SSSR count). The Labute approximate surface area is 112 Å². The Morgan fingerprint density at radius 1 is 1.47 bits per heavy atom. The first-order valence-corrected chi connectivity index (χ1v) is 6.31. The number of amides is 1. The van der Waals surface area contributed by atoms with E-state index < -0.39 is 5.54 Å². The average Bonchev–Trinajstić information content (AvgIpc) is 2.27. The van der Waals surface area contributed by atoms with Crippen molar-refractivity contribution in [3.63, 3.8) is 0 Å². The van der Waals surface area contributed by atoms with Crippen LogP contribution in [0.15, 0.2) is 11.1 Å². The largest absolute Gasteiger partial charge is 0.352 e. The van der Waals surface area contributed by atoms with E-state index in [1.54, 1.807) is 0 Å². The van der Waals surface area contributed by atoms with E-state index in [1.807, 2.05) is 41.3 Å². The molecule has 0 aromatic carbocycles. The average molecular weight is 348 g/mol. The summed E-state index contributed by atoms with van der Waals surface area (Å²) in [5.41, 5.74) is -0.878. The lowest BCUT2D eigenvalue weighted by Gasteiger charge is -2.42. The smallest absolute Gasteiger partial charge is 0.266 e. The molecule has 0 unspecified atom stereocenters. The van der Waals surface area contributed by atoms with Crippen molar-refractivity contribution in [3.05, 3.63) is 20.3 Å². The number of rotatable bonds is 1. The van der Waals surface area contributed by atoms with Crippen LogP contribution in [0.2, 0.25) is 0 Å². The Morgan fingerprint density at radius 2 is 2.18 bits per heavy atom. The standard InChI is InChI=1S/C10H13IN4O2/c1-10(2)9(17)12-3-4-15(10)7-6(11)8(16)14-5-13-7/h5H,3-4H2,1-2H3,(H,12,17)(H,13,14,16). The van der Waals surface area contributed by atoms with Gasteiger partial charge in [-0.25, -0.2) is 4.98 Å². The molecular weight excluding hydrogens is 335 g/mol. The van der Waals surface area contributed by atoms with Crippen LogP contribution in [0.5, 0.6) is 0 Å². The topological polar surface area (TPSA) is 78.1 Å². The van der Waals surface area contributed by atoms with Crippen LogP contribution in [-0.2, 0) is 4.79 Å². The summed E-state index contributed by atoms with van der Waals surface area (Å²) in [5, 5.41) is 2.81. The molecule has 0 spiro atoms. The van der Waals surface area contributed by atoms with Gasteiger partial charge in [-0.1, -0.05) is 0 Å². The third-order valence-corrected chi connectivity index (χ3v) is 3.86. The zero-order valence-electron chi connectivity index (χ0n) is 9.58. The quantitative estimate of drug-likeness (QED) is 0.706. The lowest BCUT2D eigenvalue weighted by molar-refractivity contribution is -0.126. The number of hydrogen-bond donors (Lipinski definition) is 2. The first kappa shape index (κ1) is 12.3. The van der Waals surface area contributed by atoms with Gasteiger partial charge in [-0.3, -0.25) is 9.59 Å². The van der Waals surface area contributed by atoms with Crippen LogP contribution >= 0.6 is 22.6 Å². The number of aromatic amines is 1. The van der Waals surface area contributed by atoms with E-state index in [9.17, 15) is 9.59 Å². The summed E-state index contributed by atoms with van der Waals surface area (Å²) >= 11 is 1.95. The van der Waals surface area contributed by atoms with E-state index in [1.165, 1.54) is 6.33 Å². The first-order chi connectivity index (χ1) is 7.94. The van der Waals surface area contributed by atoms with Crippen molar-refractivity contribution in [2.24, 2.45) is 0 Å². The molecule has 0 aliphatic carbocycles. The summed E-state index contributed by atoms with van der Waals surface area (Å²) in [4.78, 5) is 31.9. The highest BCUT2D eigenvalue weighted by Crippen LogP contribution is 2.26. The van der Waals surface area contributed by atoms with Crippen LogP contribution in [0, 0.1) is 3.57 Å². The number of hydrogen-bond acceptors (Lipinski definition) is 4. The highest BCUT2D eigenvalue weighted by atomic mass is 127. The summed E-state index contributed by atoms with van der Waals surface area (Å²) < 4.78 is 0.507.